The van der Waals surface area contributed by atoms with Gasteiger partial charge >= 0.3 is 0 Å². The van der Waals surface area contributed by atoms with E-state index in [1.807, 2.05) is 60.7 Å². The summed E-state index contributed by atoms with van der Waals surface area (Å²) < 4.78 is 7.46. The molecule has 1 saturated heterocycles. The number of para-hydroxylation sites is 1. The molecule has 1 aromatic heterocycles. The number of hydrogen-bond donors (Lipinski definition) is 0. The summed E-state index contributed by atoms with van der Waals surface area (Å²) in [5.41, 5.74) is 4.07. The molecule has 140 valence electrons. The first-order valence-electron chi connectivity index (χ1n) is 9.56. The maximum absolute atomic E-state index is 12.8. The van der Waals surface area contributed by atoms with E-state index in [2.05, 4.69) is 5.10 Å². The van der Waals surface area contributed by atoms with Crippen LogP contribution in [0.5, 0.6) is 0 Å². The summed E-state index contributed by atoms with van der Waals surface area (Å²) in [5.74, 6) is 0.793. The van der Waals surface area contributed by atoms with Gasteiger partial charge in [0.25, 0.3) is 0 Å². The quantitative estimate of drug-likeness (QED) is 0.799. The Morgan fingerprint density at radius 2 is 1.88 bits per heavy atom. The number of carbonyl (C=O) groups is 1. The van der Waals surface area contributed by atoms with Crippen LogP contribution in [-0.4, -0.2) is 46.9 Å². The molecule has 5 heteroatoms. The zero-order valence-corrected chi connectivity index (χ0v) is 16.1. The predicted octanol–water partition coefficient (Wildman–Crippen LogP) is 3.31. The van der Waals surface area contributed by atoms with E-state index >= 15 is 0 Å². The molecule has 1 amide bonds. The van der Waals surface area contributed by atoms with E-state index < -0.39 is 0 Å². The van der Waals surface area contributed by atoms with Crippen LogP contribution in [0.2, 0.25) is 0 Å². The predicted molar refractivity (Wildman–Crippen MR) is 103 cm³/mol. The summed E-state index contributed by atoms with van der Waals surface area (Å²) in [6.07, 6.45) is 2.50. The van der Waals surface area contributed by atoms with Gasteiger partial charge < -0.3 is 9.64 Å². The highest BCUT2D eigenvalue weighted by Gasteiger charge is 2.24. The van der Waals surface area contributed by atoms with Crippen LogP contribution in [0.15, 0.2) is 30.3 Å². The van der Waals surface area contributed by atoms with Gasteiger partial charge in [-0.3, -0.25) is 4.79 Å². The van der Waals surface area contributed by atoms with Crippen molar-refractivity contribution in [3.63, 3.8) is 0 Å². The molecule has 1 aliphatic rings. The van der Waals surface area contributed by atoms with Crippen molar-refractivity contribution in [2.75, 3.05) is 26.3 Å². The van der Waals surface area contributed by atoms with Crippen LogP contribution < -0.4 is 0 Å². The van der Waals surface area contributed by atoms with Crippen LogP contribution in [0.4, 0.5) is 0 Å². The number of nitrogens with zero attached hydrogens (tertiary/aromatic N) is 3. The first-order chi connectivity index (χ1) is 12.6. The molecule has 1 aliphatic heterocycles. The fourth-order valence-corrected chi connectivity index (χ4v) is 3.65. The van der Waals surface area contributed by atoms with Crippen LogP contribution in [0, 0.1) is 19.8 Å². The molecule has 0 unspecified atom stereocenters. The van der Waals surface area contributed by atoms with Crippen LogP contribution >= 0.6 is 0 Å². The highest BCUT2D eigenvalue weighted by Crippen LogP contribution is 2.22. The number of hydrogen-bond acceptors (Lipinski definition) is 3. The molecule has 0 bridgehead atoms. The summed E-state index contributed by atoms with van der Waals surface area (Å²) in [6.45, 7) is 9.32. The minimum absolute atomic E-state index is 0.207. The lowest BCUT2D eigenvalue weighted by Crippen LogP contribution is -2.40. The monoisotopic (exact) mass is 355 g/mol. The summed E-state index contributed by atoms with van der Waals surface area (Å²) in [7, 11) is 0. The first kappa shape index (κ1) is 18.6. The van der Waals surface area contributed by atoms with Gasteiger partial charge in [0.2, 0.25) is 5.91 Å². The van der Waals surface area contributed by atoms with Crippen molar-refractivity contribution < 1.29 is 9.53 Å². The topological polar surface area (TPSA) is 47.4 Å². The largest absolute Gasteiger partial charge is 0.381 e. The number of aromatic nitrogens is 2. The maximum atomic E-state index is 12.8. The molecule has 1 aromatic carbocycles. The molecule has 0 atom stereocenters. The SMILES string of the molecule is CCOCC1CCN(C(=O)Cc2c(C)nn(-c3ccccc3)c2C)CC1. The Balaban J connectivity index is 1.64. The normalized spacial score (nSPS) is 15.4. The van der Waals surface area contributed by atoms with E-state index in [4.69, 9.17) is 4.74 Å². The fraction of sp³-hybridized carbons (Fsp3) is 0.524. The Bertz CT molecular complexity index is 731. The lowest BCUT2D eigenvalue weighted by molar-refractivity contribution is -0.132. The second-order valence-corrected chi connectivity index (χ2v) is 7.06. The van der Waals surface area contributed by atoms with Crippen molar-refractivity contribution in [3.05, 3.63) is 47.3 Å². The molecule has 0 aliphatic carbocycles. The summed E-state index contributed by atoms with van der Waals surface area (Å²) in [5, 5.41) is 4.65. The van der Waals surface area contributed by atoms with Crippen molar-refractivity contribution in [1.82, 2.24) is 14.7 Å². The molecule has 0 spiro atoms. The van der Waals surface area contributed by atoms with Gasteiger partial charge in [-0.25, -0.2) is 4.68 Å². The second-order valence-electron chi connectivity index (χ2n) is 7.06. The van der Waals surface area contributed by atoms with E-state index in [0.717, 1.165) is 61.8 Å². The number of benzene rings is 1. The number of amides is 1. The van der Waals surface area contributed by atoms with Crippen molar-refractivity contribution in [3.8, 4) is 5.69 Å². The number of piperidine rings is 1. The second kappa shape index (κ2) is 8.49. The standard InChI is InChI=1S/C21H29N3O2/c1-4-26-15-18-10-12-23(13-11-18)21(25)14-20-16(2)22-24(17(20)3)19-8-6-5-7-9-19/h5-9,18H,4,10-15H2,1-3H3. The van der Waals surface area contributed by atoms with Crippen molar-refractivity contribution in [2.24, 2.45) is 5.92 Å². The fourth-order valence-electron chi connectivity index (χ4n) is 3.65. The first-order valence-corrected chi connectivity index (χ1v) is 9.56. The molecule has 0 N–H and O–H groups in total. The van der Waals surface area contributed by atoms with E-state index in [0.29, 0.717) is 12.3 Å². The molecule has 1 fully saturated rings. The van der Waals surface area contributed by atoms with Crippen molar-refractivity contribution in [2.45, 2.75) is 40.0 Å². The molecule has 2 heterocycles. The Kier molecular flexibility index (Phi) is 6.09. The Labute approximate surface area is 156 Å². The van der Waals surface area contributed by atoms with Gasteiger partial charge in [-0.1, -0.05) is 18.2 Å². The average Bonchev–Trinajstić information content (AvgIpc) is 2.95. The van der Waals surface area contributed by atoms with Gasteiger partial charge in [0.15, 0.2) is 0 Å². The summed E-state index contributed by atoms with van der Waals surface area (Å²) in [4.78, 5) is 14.8. The molecular weight excluding hydrogens is 326 g/mol. The molecule has 26 heavy (non-hydrogen) atoms. The van der Waals surface area contributed by atoms with E-state index in [9.17, 15) is 4.79 Å². The van der Waals surface area contributed by atoms with Crippen LogP contribution in [0.1, 0.15) is 36.7 Å². The Morgan fingerprint density at radius 1 is 1.19 bits per heavy atom. The molecule has 0 radical (unpaired) electrons. The van der Waals surface area contributed by atoms with Gasteiger partial charge in [0.05, 0.1) is 17.8 Å². The highest BCUT2D eigenvalue weighted by atomic mass is 16.5. The Hall–Kier alpha value is -2.14. The zero-order chi connectivity index (χ0) is 18.5. The minimum atomic E-state index is 0.207. The lowest BCUT2D eigenvalue weighted by atomic mass is 9.97. The molecule has 3 rings (SSSR count). The molecule has 0 saturated carbocycles. The molecular formula is C21H29N3O2. The van der Waals surface area contributed by atoms with Crippen LogP contribution in [-0.2, 0) is 16.0 Å². The van der Waals surface area contributed by atoms with Gasteiger partial charge in [0.1, 0.15) is 0 Å². The zero-order valence-electron chi connectivity index (χ0n) is 16.1. The molecule has 2 aromatic rings. The number of likely N-dealkylation sites (tertiary alicyclic amines) is 1. The Morgan fingerprint density at radius 3 is 2.54 bits per heavy atom. The maximum Gasteiger partial charge on any atom is 0.227 e. The third-order valence-electron chi connectivity index (χ3n) is 5.29. The number of rotatable bonds is 6. The van der Waals surface area contributed by atoms with E-state index in [-0.39, 0.29) is 5.91 Å². The smallest absolute Gasteiger partial charge is 0.227 e. The number of carbonyl (C=O) groups excluding carboxylic acids is 1. The van der Waals surface area contributed by atoms with Gasteiger partial charge in [-0.2, -0.15) is 5.10 Å². The molecule has 5 nitrogen and oxygen atoms in total. The number of aryl methyl sites for hydroxylation is 1. The van der Waals surface area contributed by atoms with Crippen LogP contribution in [0.3, 0.4) is 0 Å². The third kappa shape index (κ3) is 4.15. The van der Waals surface area contributed by atoms with E-state index in [1.54, 1.807) is 0 Å². The highest BCUT2D eigenvalue weighted by molar-refractivity contribution is 5.79. The van der Waals surface area contributed by atoms with Crippen LogP contribution in [0.25, 0.3) is 5.69 Å². The minimum Gasteiger partial charge on any atom is -0.381 e. The van der Waals surface area contributed by atoms with Crippen molar-refractivity contribution >= 4 is 5.91 Å². The lowest BCUT2D eigenvalue weighted by Gasteiger charge is -2.32. The summed E-state index contributed by atoms with van der Waals surface area (Å²) >= 11 is 0. The summed E-state index contributed by atoms with van der Waals surface area (Å²) in [6, 6.07) is 10.1. The van der Waals surface area contributed by atoms with Gasteiger partial charge in [-0.05, 0) is 51.7 Å². The number of ether oxygens (including phenoxy) is 1. The third-order valence-corrected chi connectivity index (χ3v) is 5.29. The van der Waals surface area contributed by atoms with E-state index in [1.165, 1.54) is 0 Å². The van der Waals surface area contributed by atoms with Gasteiger partial charge in [0, 0.05) is 37.6 Å². The van der Waals surface area contributed by atoms with Crippen molar-refractivity contribution in [1.29, 1.82) is 0 Å². The van der Waals surface area contributed by atoms with Gasteiger partial charge in [-0.15, -0.1) is 0 Å². The average molecular weight is 355 g/mol.